The van der Waals surface area contributed by atoms with Crippen LogP contribution in [0.4, 0.5) is 0 Å². The molecule has 1 rings (SSSR count). The summed E-state index contributed by atoms with van der Waals surface area (Å²) < 4.78 is 4.78. The summed E-state index contributed by atoms with van der Waals surface area (Å²) in [5, 5.41) is 8.66. The third-order valence-corrected chi connectivity index (χ3v) is 2.97. The molecular weight excluding hydrogens is 192 g/mol. The number of esters is 1. The molecule has 4 heteroatoms. The first kappa shape index (κ1) is 12.0. The molecule has 2 unspecified atom stereocenters. The van der Waals surface area contributed by atoms with E-state index in [9.17, 15) is 4.79 Å². The Labute approximate surface area is 90.8 Å². The van der Waals surface area contributed by atoms with Crippen molar-refractivity contribution in [3.05, 3.63) is 0 Å². The molecule has 4 nitrogen and oxygen atoms in total. The fraction of sp³-hybridized carbons (Fsp3) is 0.818. The Kier molecular flexibility index (Phi) is 4.57. The number of rotatable bonds is 3. The van der Waals surface area contributed by atoms with Gasteiger partial charge in [0.05, 0.1) is 19.6 Å². The molecule has 0 bridgehead atoms. The van der Waals surface area contributed by atoms with Gasteiger partial charge in [0.25, 0.3) is 0 Å². The summed E-state index contributed by atoms with van der Waals surface area (Å²) in [5.41, 5.74) is 0. The van der Waals surface area contributed by atoms with Crippen molar-refractivity contribution in [1.82, 2.24) is 4.90 Å². The lowest BCUT2D eigenvalue weighted by molar-refractivity contribution is -0.149. The van der Waals surface area contributed by atoms with E-state index in [4.69, 9.17) is 10.00 Å². The van der Waals surface area contributed by atoms with E-state index < -0.39 is 0 Å². The quantitative estimate of drug-likeness (QED) is 0.659. The minimum Gasteiger partial charge on any atom is -0.468 e. The zero-order valence-electron chi connectivity index (χ0n) is 9.40. The molecule has 0 spiro atoms. The molecule has 0 aromatic carbocycles. The molecule has 0 amide bonds. The van der Waals surface area contributed by atoms with Gasteiger partial charge >= 0.3 is 5.97 Å². The van der Waals surface area contributed by atoms with Crippen LogP contribution in [0.15, 0.2) is 0 Å². The van der Waals surface area contributed by atoms with E-state index in [-0.39, 0.29) is 18.1 Å². The Morgan fingerprint density at radius 3 is 3.00 bits per heavy atom. The molecular formula is C11H18N2O2. The van der Waals surface area contributed by atoms with E-state index in [2.05, 4.69) is 11.0 Å². The summed E-state index contributed by atoms with van der Waals surface area (Å²) in [6.45, 7) is 2.88. The molecule has 2 atom stereocenters. The van der Waals surface area contributed by atoms with Crippen LogP contribution in [0, 0.1) is 11.3 Å². The normalized spacial score (nSPS) is 24.2. The van der Waals surface area contributed by atoms with E-state index in [1.807, 2.05) is 6.92 Å². The molecule has 84 valence electrons. The molecule has 0 aliphatic carbocycles. The van der Waals surface area contributed by atoms with Crippen LogP contribution in [0.25, 0.3) is 0 Å². The van der Waals surface area contributed by atoms with E-state index in [1.54, 1.807) is 0 Å². The van der Waals surface area contributed by atoms with Crippen LogP contribution in [0.2, 0.25) is 0 Å². The molecule has 0 aromatic rings. The van der Waals surface area contributed by atoms with Gasteiger partial charge in [-0.15, -0.1) is 0 Å². The Bertz CT molecular complexity index is 260. The number of piperidine rings is 1. The monoisotopic (exact) mass is 210 g/mol. The van der Waals surface area contributed by atoms with Crippen molar-refractivity contribution in [2.45, 2.75) is 44.7 Å². The highest BCUT2D eigenvalue weighted by Crippen LogP contribution is 2.21. The smallest absolute Gasteiger partial charge is 0.323 e. The molecule has 0 N–H and O–H groups in total. The second kappa shape index (κ2) is 5.72. The molecule has 0 radical (unpaired) electrons. The van der Waals surface area contributed by atoms with Crippen molar-refractivity contribution in [2.75, 3.05) is 13.7 Å². The van der Waals surface area contributed by atoms with Crippen molar-refractivity contribution in [3.8, 4) is 6.07 Å². The molecule has 1 saturated heterocycles. The van der Waals surface area contributed by atoms with Gasteiger partial charge in [0.2, 0.25) is 0 Å². The number of hydrogen-bond acceptors (Lipinski definition) is 4. The zero-order chi connectivity index (χ0) is 11.3. The number of carbonyl (C=O) groups excluding carboxylic acids is 1. The van der Waals surface area contributed by atoms with Crippen LogP contribution in [0.3, 0.4) is 0 Å². The molecule has 0 saturated carbocycles. The van der Waals surface area contributed by atoms with Crippen molar-refractivity contribution in [2.24, 2.45) is 0 Å². The van der Waals surface area contributed by atoms with Gasteiger partial charge in [0, 0.05) is 6.04 Å². The molecule has 1 fully saturated rings. The predicted molar refractivity (Wildman–Crippen MR) is 56.1 cm³/mol. The Morgan fingerprint density at radius 1 is 1.67 bits per heavy atom. The first-order chi connectivity index (χ1) is 7.20. The minimum absolute atomic E-state index is 0.138. The summed E-state index contributed by atoms with van der Waals surface area (Å²) in [4.78, 5) is 13.6. The highest BCUT2D eigenvalue weighted by molar-refractivity contribution is 5.75. The standard InChI is InChI=1S/C11H18N2O2/c1-9(6-7-12)13-8-4-3-5-10(13)11(14)15-2/h9-10H,3-6,8H2,1-2H3. The average molecular weight is 210 g/mol. The zero-order valence-corrected chi connectivity index (χ0v) is 9.40. The first-order valence-corrected chi connectivity index (χ1v) is 5.41. The molecule has 1 heterocycles. The lowest BCUT2D eigenvalue weighted by Gasteiger charge is -2.37. The van der Waals surface area contributed by atoms with Crippen LogP contribution in [-0.2, 0) is 9.53 Å². The van der Waals surface area contributed by atoms with Crippen molar-refractivity contribution in [3.63, 3.8) is 0 Å². The van der Waals surface area contributed by atoms with Gasteiger partial charge in [-0.3, -0.25) is 9.69 Å². The van der Waals surface area contributed by atoms with Crippen molar-refractivity contribution < 1.29 is 9.53 Å². The second-order valence-electron chi connectivity index (χ2n) is 3.98. The number of likely N-dealkylation sites (tertiary alicyclic amines) is 1. The van der Waals surface area contributed by atoms with Crippen LogP contribution >= 0.6 is 0 Å². The van der Waals surface area contributed by atoms with Gasteiger partial charge in [-0.1, -0.05) is 6.42 Å². The summed E-state index contributed by atoms with van der Waals surface area (Å²) in [5.74, 6) is -0.167. The number of nitriles is 1. The number of nitrogens with zero attached hydrogens (tertiary/aromatic N) is 2. The van der Waals surface area contributed by atoms with Crippen LogP contribution in [0.5, 0.6) is 0 Å². The van der Waals surface area contributed by atoms with Gasteiger partial charge in [-0.25, -0.2) is 0 Å². The lowest BCUT2D eigenvalue weighted by atomic mass is 9.99. The first-order valence-electron chi connectivity index (χ1n) is 5.41. The maximum atomic E-state index is 11.5. The number of methoxy groups -OCH3 is 1. The summed E-state index contributed by atoms with van der Waals surface area (Å²) in [6.07, 6.45) is 3.48. The van der Waals surface area contributed by atoms with Gasteiger partial charge < -0.3 is 4.74 Å². The molecule has 0 aromatic heterocycles. The number of ether oxygens (including phenoxy) is 1. The molecule has 1 aliphatic heterocycles. The van der Waals surface area contributed by atoms with Gasteiger partial charge in [0.15, 0.2) is 0 Å². The third-order valence-electron chi connectivity index (χ3n) is 2.97. The Hall–Kier alpha value is -1.08. The fourth-order valence-corrected chi connectivity index (χ4v) is 2.12. The summed E-state index contributed by atoms with van der Waals surface area (Å²) >= 11 is 0. The van der Waals surface area contributed by atoms with Crippen LogP contribution < -0.4 is 0 Å². The number of hydrogen-bond donors (Lipinski definition) is 0. The van der Waals surface area contributed by atoms with Gasteiger partial charge in [0.1, 0.15) is 6.04 Å². The molecule has 15 heavy (non-hydrogen) atoms. The van der Waals surface area contributed by atoms with Gasteiger partial charge in [-0.2, -0.15) is 5.26 Å². The van der Waals surface area contributed by atoms with Crippen molar-refractivity contribution >= 4 is 5.97 Å². The van der Waals surface area contributed by atoms with Gasteiger partial charge in [-0.05, 0) is 26.3 Å². The summed E-state index contributed by atoms with van der Waals surface area (Å²) in [7, 11) is 1.42. The van der Waals surface area contributed by atoms with Crippen molar-refractivity contribution in [1.29, 1.82) is 5.26 Å². The molecule has 1 aliphatic rings. The Balaban J connectivity index is 2.65. The maximum Gasteiger partial charge on any atom is 0.323 e. The van der Waals surface area contributed by atoms with E-state index >= 15 is 0 Å². The topological polar surface area (TPSA) is 53.3 Å². The van der Waals surface area contributed by atoms with Crippen LogP contribution in [-0.4, -0.2) is 36.6 Å². The van der Waals surface area contributed by atoms with E-state index in [1.165, 1.54) is 7.11 Å². The average Bonchev–Trinajstić information content (AvgIpc) is 2.28. The highest BCUT2D eigenvalue weighted by atomic mass is 16.5. The fourth-order valence-electron chi connectivity index (χ4n) is 2.12. The van der Waals surface area contributed by atoms with Crippen LogP contribution in [0.1, 0.15) is 32.6 Å². The lowest BCUT2D eigenvalue weighted by Crippen LogP contribution is -2.49. The maximum absolute atomic E-state index is 11.5. The number of carbonyl (C=O) groups is 1. The SMILES string of the molecule is COC(=O)C1CCCCN1C(C)CC#N. The highest BCUT2D eigenvalue weighted by Gasteiger charge is 2.32. The third kappa shape index (κ3) is 2.93. The summed E-state index contributed by atoms with van der Waals surface area (Å²) in [6, 6.07) is 2.14. The Morgan fingerprint density at radius 2 is 2.40 bits per heavy atom. The van der Waals surface area contributed by atoms with E-state index in [0.29, 0.717) is 6.42 Å². The largest absolute Gasteiger partial charge is 0.468 e. The minimum atomic E-state index is -0.167. The van der Waals surface area contributed by atoms with E-state index in [0.717, 1.165) is 25.8 Å². The second-order valence-corrected chi connectivity index (χ2v) is 3.98. The predicted octanol–water partition coefficient (Wildman–Crippen LogP) is 1.32.